The summed E-state index contributed by atoms with van der Waals surface area (Å²) in [5.74, 6) is -1.03. The second kappa shape index (κ2) is 6.19. The molecule has 0 spiro atoms. The molecule has 0 radical (unpaired) electrons. The van der Waals surface area contributed by atoms with Gasteiger partial charge in [0.25, 0.3) is 0 Å². The number of thiazole rings is 1. The zero-order chi connectivity index (χ0) is 14.7. The van der Waals surface area contributed by atoms with Gasteiger partial charge in [-0.1, -0.05) is 11.3 Å². The van der Waals surface area contributed by atoms with E-state index in [1.807, 2.05) is 0 Å². The molecule has 110 valence electrons. The molecule has 1 aromatic rings. The van der Waals surface area contributed by atoms with Gasteiger partial charge in [-0.25, -0.2) is 9.78 Å². The van der Waals surface area contributed by atoms with Crippen LogP contribution in [0.4, 0.5) is 5.13 Å². The van der Waals surface area contributed by atoms with E-state index in [-0.39, 0.29) is 10.8 Å². The summed E-state index contributed by atoms with van der Waals surface area (Å²) in [5.41, 5.74) is 0.455. The first-order valence-electron chi connectivity index (χ1n) is 6.33. The third-order valence-corrected chi connectivity index (χ3v) is 4.10. The first-order chi connectivity index (χ1) is 9.49. The van der Waals surface area contributed by atoms with Crippen molar-refractivity contribution in [1.29, 1.82) is 0 Å². The number of morpholine rings is 1. The van der Waals surface area contributed by atoms with Gasteiger partial charge in [-0.2, -0.15) is 0 Å². The smallest absolute Gasteiger partial charge is 0.347 e. The Morgan fingerprint density at radius 2 is 2.10 bits per heavy atom. The van der Waals surface area contributed by atoms with Crippen LogP contribution in [0.1, 0.15) is 22.3 Å². The number of nitrogens with zero attached hydrogens (tertiary/aromatic N) is 2. The first-order valence-corrected chi connectivity index (χ1v) is 7.14. The van der Waals surface area contributed by atoms with Crippen LogP contribution in [-0.4, -0.2) is 59.2 Å². The highest BCUT2D eigenvalue weighted by molar-refractivity contribution is 7.17. The van der Waals surface area contributed by atoms with E-state index in [0.717, 1.165) is 11.3 Å². The Kier molecular flexibility index (Phi) is 4.56. The highest BCUT2D eigenvalue weighted by Gasteiger charge is 2.23. The van der Waals surface area contributed by atoms with Gasteiger partial charge >= 0.3 is 5.97 Å². The topological polar surface area (TPSA) is 91.8 Å². The number of hydrogen-bond acceptors (Lipinski definition) is 6. The van der Waals surface area contributed by atoms with Crippen molar-refractivity contribution in [2.75, 3.05) is 31.6 Å². The van der Waals surface area contributed by atoms with Gasteiger partial charge in [-0.15, -0.1) is 0 Å². The van der Waals surface area contributed by atoms with Gasteiger partial charge in [0.1, 0.15) is 10.9 Å². The number of aromatic carboxylic acids is 1. The first kappa shape index (κ1) is 14.7. The van der Waals surface area contributed by atoms with Gasteiger partial charge in [-0.3, -0.25) is 4.79 Å². The van der Waals surface area contributed by atoms with E-state index in [2.05, 4.69) is 10.3 Å². The number of ether oxygens (including phenoxy) is 1. The molecule has 2 N–H and O–H groups in total. The maximum Gasteiger partial charge on any atom is 0.347 e. The Morgan fingerprint density at radius 1 is 1.45 bits per heavy atom. The Bertz CT molecular complexity index is 511. The van der Waals surface area contributed by atoms with Crippen molar-refractivity contribution in [3.05, 3.63) is 10.6 Å². The number of aromatic nitrogens is 1. The van der Waals surface area contributed by atoms with Crippen molar-refractivity contribution in [1.82, 2.24) is 9.88 Å². The molecule has 1 atom stereocenters. The Hall–Kier alpha value is -1.67. The molecule has 1 aliphatic rings. The van der Waals surface area contributed by atoms with E-state index in [1.54, 1.807) is 18.7 Å². The van der Waals surface area contributed by atoms with Crippen molar-refractivity contribution < 1.29 is 19.4 Å². The van der Waals surface area contributed by atoms with Crippen LogP contribution in [-0.2, 0) is 9.53 Å². The number of anilines is 1. The van der Waals surface area contributed by atoms with Crippen LogP contribution < -0.4 is 5.32 Å². The highest BCUT2D eigenvalue weighted by Crippen LogP contribution is 2.23. The van der Waals surface area contributed by atoms with Gasteiger partial charge in [0.2, 0.25) is 5.91 Å². The number of nitrogens with one attached hydrogen (secondary N) is 1. The number of carboxylic acid groups (broad SMARTS) is 1. The molecule has 1 amide bonds. The van der Waals surface area contributed by atoms with E-state index in [0.29, 0.717) is 37.1 Å². The predicted octanol–water partition coefficient (Wildman–Crippen LogP) is 0.809. The summed E-state index contributed by atoms with van der Waals surface area (Å²) in [7, 11) is 0. The van der Waals surface area contributed by atoms with Crippen LogP contribution in [0, 0.1) is 6.92 Å². The minimum absolute atomic E-state index is 0.0296. The van der Waals surface area contributed by atoms with Crippen LogP contribution in [0.15, 0.2) is 0 Å². The average molecular weight is 299 g/mol. The maximum absolute atomic E-state index is 12.2. The summed E-state index contributed by atoms with van der Waals surface area (Å²) in [6, 6.07) is -0.444. The fraction of sp³-hybridized carbons (Fsp3) is 0.583. The number of aryl methyl sites for hydroxylation is 1. The van der Waals surface area contributed by atoms with Gasteiger partial charge in [0.15, 0.2) is 5.13 Å². The molecule has 1 saturated heterocycles. The normalized spacial score (nSPS) is 16.8. The molecular weight excluding hydrogens is 282 g/mol. The number of rotatable bonds is 4. The lowest BCUT2D eigenvalue weighted by Gasteiger charge is -2.29. The predicted molar refractivity (Wildman–Crippen MR) is 74.3 cm³/mol. The summed E-state index contributed by atoms with van der Waals surface area (Å²) in [4.78, 5) is 29.2. The van der Waals surface area contributed by atoms with Gasteiger partial charge < -0.3 is 20.1 Å². The van der Waals surface area contributed by atoms with Crippen LogP contribution >= 0.6 is 11.3 Å². The molecule has 1 unspecified atom stereocenters. The Labute approximate surface area is 120 Å². The summed E-state index contributed by atoms with van der Waals surface area (Å²) in [6.45, 7) is 5.66. The van der Waals surface area contributed by atoms with Gasteiger partial charge in [-0.05, 0) is 13.8 Å². The summed E-state index contributed by atoms with van der Waals surface area (Å²) >= 11 is 1.04. The Morgan fingerprint density at radius 3 is 2.65 bits per heavy atom. The zero-order valence-corrected chi connectivity index (χ0v) is 12.2. The fourth-order valence-corrected chi connectivity index (χ4v) is 2.85. The number of carboxylic acids is 1. The fourth-order valence-electron chi connectivity index (χ4n) is 1.96. The number of amides is 1. The van der Waals surface area contributed by atoms with E-state index in [9.17, 15) is 9.59 Å². The van der Waals surface area contributed by atoms with Gasteiger partial charge in [0.05, 0.1) is 18.9 Å². The standard InChI is InChI=1S/C12H17N3O4S/c1-7-9(11(17)18)20-12(13-7)14-8(2)10(16)15-3-5-19-6-4-15/h8H,3-6H2,1-2H3,(H,13,14)(H,17,18). The van der Waals surface area contributed by atoms with Crippen molar-refractivity contribution in [2.45, 2.75) is 19.9 Å². The molecule has 2 heterocycles. The minimum Gasteiger partial charge on any atom is -0.477 e. The lowest BCUT2D eigenvalue weighted by molar-refractivity contribution is -0.135. The van der Waals surface area contributed by atoms with Crippen molar-refractivity contribution in [2.24, 2.45) is 0 Å². The van der Waals surface area contributed by atoms with Gasteiger partial charge in [0, 0.05) is 13.1 Å². The highest BCUT2D eigenvalue weighted by atomic mass is 32.1. The molecule has 8 heteroatoms. The molecule has 1 fully saturated rings. The molecule has 1 aromatic heterocycles. The van der Waals surface area contributed by atoms with Crippen molar-refractivity contribution in [3.8, 4) is 0 Å². The molecule has 0 aromatic carbocycles. The molecule has 2 rings (SSSR count). The summed E-state index contributed by atoms with van der Waals surface area (Å²) in [6.07, 6.45) is 0. The number of carbonyl (C=O) groups excluding carboxylic acids is 1. The molecule has 7 nitrogen and oxygen atoms in total. The molecule has 0 saturated carbocycles. The Balaban J connectivity index is 1.99. The summed E-state index contributed by atoms with van der Waals surface area (Å²) < 4.78 is 5.20. The van der Waals surface area contributed by atoms with Crippen LogP contribution in [0.25, 0.3) is 0 Å². The molecular formula is C12H17N3O4S. The number of hydrogen-bond donors (Lipinski definition) is 2. The average Bonchev–Trinajstić information content (AvgIpc) is 2.79. The third kappa shape index (κ3) is 3.26. The van der Waals surface area contributed by atoms with E-state index in [1.165, 1.54) is 0 Å². The quantitative estimate of drug-likeness (QED) is 0.855. The lowest BCUT2D eigenvalue weighted by Crippen LogP contribution is -2.46. The number of carbonyl (C=O) groups is 2. The van der Waals surface area contributed by atoms with E-state index >= 15 is 0 Å². The molecule has 0 aliphatic carbocycles. The van der Waals surface area contributed by atoms with Crippen molar-refractivity contribution >= 4 is 28.3 Å². The van der Waals surface area contributed by atoms with Crippen LogP contribution in [0.2, 0.25) is 0 Å². The minimum atomic E-state index is -1.000. The monoisotopic (exact) mass is 299 g/mol. The second-order valence-electron chi connectivity index (χ2n) is 4.54. The lowest BCUT2D eigenvalue weighted by atomic mass is 10.2. The third-order valence-electron chi connectivity index (χ3n) is 3.02. The second-order valence-corrected chi connectivity index (χ2v) is 5.54. The van der Waals surface area contributed by atoms with Crippen LogP contribution in [0.3, 0.4) is 0 Å². The van der Waals surface area contributed by atoms with E-state index in [4.69, 9.17) is 9.84 Å². The van der Waals surface area contributed by atoms with E-state index < -0.39 is 12.0 Å². The molecule has 1 aliphatic heterocycles. The largest absolute Gasteiger partial charge is 0.477 e. The molecule has 20 heavy (non-hydrogen) atoms. The summed E-state index contributed by atoms with van der Waals surface area (Å²) in [5, 5.41) is 12.4. The molecule has 0 bridgehead atoms. The van der Waals surface area contributed by atoms with Crippen molar-refractivity contribution in [3.63, 3.8) is 0 Å². The van der Waals surface area contributed by atoms with Crippen LogP contribution in [0.5, 0.6) is 0 Å². The maximum atomic E-state index is 12.2. The zero-order valence-electron chi connectivity index (χ0n) is 11.4. The SMILES string of the molecule is Cc1nc(NC(C)C(=O)N2CCOCC2)sc1C(=O)O.